The van der Waals surface area contributed by atoms with Crippen molar-refractivity contribution in [1.29, 1.82) is 0 Å². The minimum absolute atomic E-state index is 0.130. The lowest BCUT2D eigenvalue weighted by atomic mass is 10.0. The fourth-order valence-corrected chi connectivity index (χ4v) is 4.79. The molecule has 0 spiro atoms. The molecular formula is C19H17BrN2O6S. The Morgan fingerprint density at radius 1 is 1.00 bits per heavy atom. The molecule has 0 bridgehead atoms. The van der Waals surface area contributed by atoms with Crippen molar-refractivity contribution in [3.63, 3.8) is 0 Å². The van der Waals surface area contributed by atoms with Gasteiger partial charge in [0, 0.05) is 4.47 Å². The average molecular weight is 481 g/mol. The number of sulfonamides is 1. The van der Waals surface area contributed by atoms with Crippen molar-refractivity contribution in [2.45, 2.75) is 24.8 Å². The number of carbonyl (C=O) groups excluding carboxylic acids is 3. The third-order valence-corrected chi connectivity index (χ3v) is 6.55. The van der Waals surface area contributed by atoms with Crippen molar-refractivity contribution >= 4 is 43.7 Å². The van der Waals surface area contributed by atoms with Crippen LogP contribution in [0.5, 0.6) is 0 Å². The van der Waals surface area contributed by atoms with E-state index in [1.807, 2.05) is 0 Å². The van der Waals surface area contributed by atoms with Crippen molar-refractivity contribution in [3.05, 3.63) is 64.1 Å². The second kappa shape index (κ2) is 8.05. The van der Waals surface area contributed by atoms with E-state index in [2.05, 4.69) is 15.9 Å². The zero-order valence-corrected chi connectivity index (χ0v) is 17.9. The van der Waals surface area contributed by atoms with Gasteiger partial charge in [-0.25, -0.2) is 13.2 Å². The molecule has 2 aromatic carbocycles. The molecule has 29 heavy (non-hydrogen) atoms. The van der Waals surface area contributed by atoms with Crippen LogP contribution in [0.3, 0.4) is 0 Å². The molecule has 0 aromatic heterocycles. The Labute approximate surface area is 176 Å². The molecule has 1 aliphatic rings. The van der Waals surface area contributed by atoms with Crippen LogP contribution < -0.4 is 4.89 Å². The number of nitrogens with one attached hydrogen (secondary N) is 1. The molecule has 8 nitrogen and oxygen atoms in total. The SMILES string of the molecule is CC(C)C(C(=O)ONS(=O)(=O)c1ccccc1Br)N1C(=O)c2ccccc2C1=O. The largest absolute Gasteiger partial charge is 0.353 e. The molecule has 0 saturated heterocycles. The Morgan fingerprint density at radius 3 is 2.03 bits per heavy atom. The van der Waals surface area contributed by atoms with Crippen LogP contribution in [0, 0.1) is 5.92 Å². The van der Waals surface area contributed by atoms with E-state index in [0.29, 0.717) is 0 Å². The molecule has 0 aliphatic carbocycles. The highest BCUT2D eigenvalue weighted by Gasteiger charge is 2.45. The summed E-state index contributed by atoms with van der Waals surface area (Å²) in [5.41, 5.74) is 0.370. The lowest BCUT2D eigenvalue weighted by Crippen LogP contribution is -2.50. The van der Waals surface area contributed by atoms with Crippen LogP contribution in [-0.2, 0) is 19.7 Å². The molecule has 1 N–H and O–H groups in total. The number of halogens is 1. The number of rotatable bonds is 6. The van der Waals surface area contributed by atoms with Gasteiger partial charge >= 0.3 is 5.97 Å². The van der Waals surface area contributed by atoms with E-state index in [0.717, 1.165) is 4.90 Å². The second-order valence-electron chi connectivity index (χ2n) is 6.65. The minimum atomic E-state index is -4.18. The van der Waals surface area contributed by atoms with Gasteiger partial charge in [-0.3, -0.25) is 14.5 Å². The number of hydrogen-bond acceptors (Lipinski definition) is 6. The van der Waals surface area contributed by atoms with E-state index in [1.54, 1.807) is 36.9 Å². The molecule has 3 rings (SSSR count). The van der Waals surface area contributed by atoms with Gasteiger partial charge in [0.05, 0.1) is 16.0 Å². The molecule has 0 saturated carbocycles. The smallest absolute Gasteiger partial charge is 0.349 e. The predicted octanol–water partition coefficient (Wildman–Crippen LogP) is 2.51. The predicted molar refractivity (Wildman–Crippen MR) is 106 cm³/mol. The fourth-order valence-electron chi connectivity index (χ4n) is 3.00. The van der Waals surface area contributed by atoms with Crippen LogP contribution in [0.15, 0.2) is 57.9 Å². The van der Waals surface area contributed by atoms with Gasteiger partial charge in [-0.1, -0.05) is 38.1 Å². The summed E-state index contributed by atoms with van der Waals surface area (Å²) in [6.45, 7) is 3.25. The fraction of sp³-hybridized carbons (Fsp3) is 0.211. The van der Waals surface area contributed by atoms with Crippen LogP contribution in [0.1, 0.15) is 34.6 Å². The zero-order chi connectivity index (χ0) is 21.3. The molecule has 0 radical (unpaired) electrons. The van der Waals surface area contributed by atoms with Gasteiger partial charge in [-0.15, -0.1) is 0 Å². The van der Waals surface area contributed by atoms with E-state index in [-0.39, 0.29) is 20.5 Å². The number of carbonyl (C=O) groups is 3. The molecule has 152 valence electrons. The zero-order valence-electron chi connectivity index (χ0n) is 15.5. The highest BCUT2D eigenvalue weighted by molar-refractivity contribution is 9.10. The van der Waals surface area contributed by atoms with Gasteiger partial charge in [0.15, 0.2) is 0 Å². The standard InChI is InChI=1S/C19H17BrN2O6S/c1-11(2)16(22-17(23)12-7-3-4-8-13(12)18(22)24)19(25)28-21-29(26,27)15-10-6-5-9-14(15)20/h3-11,16,21H,1-2H3. The van der Waals surface area contributed by atoms with Gasteiger partial charge in [0.25, 0.3) is 21.8 Å². The van der Waals surface area contributed by atoms with Gasteiger partial charge in [-0.2, -0.15) is 0 Å². The third-order valence-electron chi connectivity index (χ3n) is 4.35. The molecular weight excluding hydrogens is 464 g/mol. The molecule has 1 aliphatic heterocycles. The first kappa shape index (κ1) is 21.2. The van der Waals surface area contributed by atoms with Crippen molar-refractivity contribution in [2.24, 2.45) is 5.92 Å². The lowest BCUT2D eigenvalue weighted by Gasteiger charge is -2.27. The van der Waals surface area contributed by atoms with Gasteiger partial charge < -0.3 is 4.84 Å². The van der Waals surface area contributed by atoms with Crippen molar-refractivity contribution in [1.82, 2.24) is 9.79 Å². The van der Waals surface area contributed by atoms with Crippen LogP contribution in [0.25, 0.3) is 0 Å². The Balaban J connectivity index is 1.82. The van der Waals surface area contributed by atoms with Crippen LogP contribution in [-0.4, -0.2) is 37.1 Å². The topological polar surface area (TPSA) is 110 Å². The highest BCUT2D eigenvalue weighted by Crippen LogP contribution is 2.28. The average Bonchev–Trinajstić information content (AvgIpc) is 2.92. The summed E-state index contributed by atoms with van der Waals surface area (Å²) in [5.74, 6) is -2.84. The number of fused-ring (bicyclic) bond motifs is 1. The third kappa shape index (κ3) is 3.96. The summed E-state index contributed by atoms with van der Waals surface area (Å²) in [6.07, 6.45) is 0. The van der Waals surface area contributed by atoms with Crippen molar-refractivity contribution < 1.29 is 27.6 Å². The molecule has 2 aromatic rings. The van der Waals surface area contributed by atoms with Gasteiger partial charge in [0.2, 0.25) is 0 Å². The maximum absolute atomic E-state index is 12.7. The van der Waals surface area contributed by atoms with Gasteiger partial charge in [0.1, 0.15) is 6.04 Å². The van der Waals surface area contributed by atoms with Crippen LogP contribution in [0.4, 0.5) is 0 Å². The van der Waals surface area contributed by atoms with E-state index in [9.17, 15) is 22.8 Å². The molecule has 2 amide bonds. The van der Waals surface area contributed by atoms with Crippen LogP contribution >= 0.6 is 15.9 Å². The number of nitrogens with zero attached hydrogens (tertiary/aromatic N) is 1. The first-order valence-corrected chi connectivity index (χ1v) is 10.9. The summed E-state index contributed by atoms with van der Waals surface area (Å²) in [5, 5.41) is 0. The van der Waals surface area contributed by atoms with Crippen molar-refractivity contribution in [3.8, 4) is 0 Å². The summed E-state index contributed by atoms with van der Waals surface area (Å²) in [7, 11) is -4.18. The molecule has 1 heterocycles. The normalized spacial score (nSPS) is 14.8. The minimum Gasteiger partial charge on any atom is -0.353 e. The molecule has 1 atom stereocenters. The lowest BCUT2D eigenvalue weighted by molar-refractivity contribution is -0.153. The van der Waals surface area contributed by atoms with Gasteiger partial charge in [-0.05, 0) is 51.0 Å². The Kier molecular flexibility index (Phi) is 5.87. The molecule has 0 fully saturated rings. The summed E-state index contributed by atoms with van der Waals surface area (Å²) in [4.78, 5) is 45.3. The quantitative estimate of drug-likeness (QED) is 0.502. The van der Waals surface area contributed by atoms with Crippen molar-refractivity contribution in [2.75, 3.05) is 0 Å². The second-order valence-corrected chi connectivity index (χ2v) is 9.12. The number of imide groups is 1. The maximum Gasteiger partial charge on any atom is 0.349 e. The Hall–Kier alpha value is -2.56. The number of amides is 2. The van der Waals surface area contributed by atoms with E-state index < -0.39 is 39.8 Å². The summed E-state index contributed by atoms with van der Waals surface area (Å²) < 4.78 is 25.1. The first-order valence-electron chi connectivity index (χ1n) is 8.59. The molecule has 1 unspecified atom stereocenters. The van der Waals surface area contributed by atoms with E-state index in [4.69, 9.17) is 4.84 Å². The number of hydrogen-bond donors (Lipinski definition) is 1. The van der Waals surface area contributed by atoms with E-state index in [1.165, 1.54) is 30.3 Å². The summed E-state index contributed by atoms with van der Waals surface area (Å²) in [6, 6.07) is 10.9. The maximum atomic E-state index is 12.7. The number of benzene rings is 2. The van der Waals surface area contributed by atoms with E-state index >= 15 is 0 Å². The van der Waals surface area contributed by atoms with Crippen LogP contribution in [0.2, 0.25) is 0 Å². The summed E-state index contributed by atoms with van der Waals surface area (Å²) >= 11 is 3.12. The monoisotopic (exact) mass is 480 g/mol. The Morgan fingerprint density at radius 2 is 1.52 bits per heavy atom. The molecule has 10 heteroatoms. The Bertz CT molecular complexity index is 1060. The first-order chi connectivity index (χ1) is 13.6. The highest BCUT2D eigenvalue weighted by atomic mass is 79.9.